The first-order chi connectivity index (χ1) is 34.4. The maximum Gasteiger partial charge on any atom is 0.341 e. The Hall–Kier alpha value is -6.28. The van der Waals surface area contributed by atoms with Crippen molar-refractivity contribution >= 4 is 17.4 Å². The number of rotatable bonds is 17. The molecule has 2 unspecified atom stereocenters. The molecule has 2 N–H and O–H groups in total. The summed E-state index contributed by atoms with van der Waals surface area (Å²) >= 11 is 0. The lowest BCUT2D eigenvalue weighted by atomic mass is 9.85. The first-order valence-corrected chi connectivity index (χ1v) is 25.3. The number of likely N-dealkylation sites (N-methyl/N-ethyl adjacent to an activating group) is 1. The molecular formula is C58H71N3O10. The zero-order valence-electron chi connectivity index (χ0n) is 42.7. The van der Waals surface area contributed by atoms with E-state index in [0.29, 0.717) is 60.6 Å². The lowest BCUT2D eigenvalue weighted by Gasteiger charge is -2.38. The van der Waals surface area contributed by atoms with Gasteiger partial charge in [-0.25, -0.2) is 4.79 Å². The van der Waals surface area contributed by atoms with Crippen LogP contribution in [0.25, 0.3) is 0 Å². The van der Waals surface area contributed by atoms with Crippen LogP contribution >= 0.6 is 0 Å². The third-order valence-corrected chi connectivity index (χ3v) is 13.8. The number of hydrogen-bond donors (Lipinski definition) is 1. The first kappa shape index (κ1) is 51.1. The second-order valence-corrected chi connectivity index (χ2v) is 19.4. The molecule has 0 spiro atoms. The molecule has 9 rings (SSSR count). The van der Waals surface area contributed by atoms with Crippen LogP contribution in [0.1, 0.15) is 140 Å². The number of ether oxygens (including phenoxy) is 8. The summed E-state index contributed by atoms with van der Waals surface area (Å²) in [6.45, 7) is 17.1. The van der Waals surface area contributed by atoms with E-state index in [9.17, 15) is 9.59 Å². The predicted octanol–water partition coefficient (Wildman–Crippen LogP) is 10.9. The number of cyclic esters (lactones) is 1. The summed E-state index contributed by atoms with van der Waals surface area (Å²) in [6.07, 6.45) is 3.82. The number of fused-ring (bicyclic) bond motifs is 3. The van der Waals surface area contributed by atoms with E-state index in [1.807, 2.05) is 46.0 Å². The molecule has 5 aromatic carbocycles. The molecule has 4 aliphatic heterocycles. The van der Waals surface area contributed by atoms with Crippen molar-refractivity contribution in [1.82, 2.24) is 9.80 Å². The van der Waals surface area contributed by atoms with E-state index in [1.165, 1.54) is 16.7 Å². The number of anilines is 1. The molecule has 5 aromatic rings. The lowest BCUT2D eigenvalue weighted by molar-refractivity contribution is -0.0270. The number of hydrogen-bond acceptors (Lipinski definition) is 13. The molecule has 378 valence electrons. The molecule has 0 amide bonds. The van der Waals surface area contributed by atoms with E-state index >= 15 is 0 Å². The third-order valence-electron chi connectivity index (χ3n) is 13.8. The van der Waals surface area contributed by atoms with Crippen LogP contribution in [-0.2, 0) is 21.3 Å². The van der Waals surface area contributed by atoms with Crippen molar-refractivity contribution < 1.29 is 47.5 Å². The summed E-state index contributed by atoms with van der Waals surface area (Å²) in [5.74, 6) is 2.56. The molecule has 2 atom stereocenters. The third kappa shape index (κ3) is 11.1. The fraction of sp³-hybridized carbons (Fsp3) is 0.448. The molecular weight excluding hydrogens is 899 g/mol. The topological polar surface area (TPSA) is 140 Å². The van der Waals surface area contributed by atoms with Gasteiger partial charge in [0, 0.05) is 37.2 Å². The summed E-state index contributed by atoms with van der Waals surface area (Å²) in [5.41, 5.74) is 14.0. The summed E-state index contributed by atoms with van der Waals surface area (Å²) in [6, 6.07) is 30.8. The van der Waals surface area contributed by atoms with Gasteiger partial charge < -0.3 is 48.5 Å². The Morgan fingerprint density at radius 1 is 0.789 bits per heavy atom. The number of benzene rings is 5. The van der Waals surface area contributed by atoms with Crippen LogP contribution in [0.5, 0.6) is 34.5 Å². The number of nitrogens with two attached hydrogens (primary N) is 1. The highest BCUT2D eigenvalue weighted by molar-refractivity contribution is 6.03. The molecule has 4 heterocycles. The summed E-state index contributed by atoms with van der Waals surface area (Å²) in [5, 5.41) is 0. The summed E-state index contributed by atoms with van der Waals surface area (Å²) < 4.78 is 47.9. The molecule has 13 nitrogen and oxygen atoms in total. The monoisotopic (exact) mass is 970 g/mol. The lowest BCUT2D eigenvalue weighted by Crippen LogP contribution is -2.38. The Morgan fingerprint density at radius 2 is 1.41 bits per heavy atom. The highest BCUT2D eigenvalue weighted by Crippen LogP contribution is 2.59. The summed E-state index contributed by atoms with van der Waals surface area (Å²) in [4.78, 5) is 30.6. The molecule has 71 heavy (non-hydrogen) atoms. The SMILES string of the molecule is CC(C)(C)c1ccc(C(=O)CCCN2CCC(OC(c3ccccc3)c3ccccc3)CC2)cc1.CCOc1c(N)c2c(c(OCC)c1OCC)C(C1c3c(cc4c(c3OC)OCO4)CCN1C)OC2=O. The van der Waals surface area contributed by atoms with Crippen LogP contribution in [0.4, 0.5) is 5.69 Å². The number of nitrogens with zero attached hydrogens (tertiary/aromatic N) is 2. The van der Waals surface area contributed by atoms with Gasteiger partial charge in [-0.1, -0.05) is 106 Å². The normalized spacial score (nSPS) is 17.7. The number of ketones is 1. The van der Waals surface area contributed by atoms with Crippen molar-refractivity contribution in [3.05, 3.63) is 136 Å². The Bertz CT molecular complexity index is 2570. The van der Waals surface area contributed by atoms with Gasteiger partial charge in [-0.2, -0.15) is 0 Å². The minimum atomic E-state index is -0.732. The van der Waals surface area contributed by atoms with Crippen LogP contribution in [0.15, 0.2) is 91.0 Å². The molecule has 13 heteroatoms. The van der Waals surface area contributed by atoms with E-state index in [-0.39, 0.29) is 47.2 Å². The predicted molar refractivity (Wildman–Crippen MR) is 275 cm³/mol. The number of nitrogen functional groups attached to an aromatic ring is 1. The van der Waals surface area contributed by atoms with Crippen molar-refractivity contribution in [2.24, 2.45) is 0 Å². The van der Waals surface area contributed by atoms with Gasteiger partial charge in [-0.15, -0.1) is 0 Å². The van der Waals surface area contributed by atoms with E-state index in [1.54, 1.807) is 7.11 Å². The maximum atomic E-state index is 13.3. The van der Waals surface area contributed by atoms with Gasteiger partial charge in [0.05, 0.1) is 55.9 Å². The number of carbonyl (C=O) groups is 2. The van der Waals surface area contributed by atoms with Gasteiger partial charge in [0.25, 0.3) is 0 Å². The Balaban J connectivity index is 0.000000191. The van der Waals surface area contributed by atoms with Gasteiger partial charge in [0.2, 0.25) is 18.3 Å². The number of esters is 1. The zero-order chi connectivity index (χ0) is 50.2. The smallest absolute Gasteiger partial charge is 0.341 e. The Labute approximate surface area is 419 Å². The van der Waals surface area contributed by atoms with Crippen LogP contribution in [0, 0.1) is 0 Å². The quantitative estimate of drug-likeness (QED) is 0.0537. The van der Waals surface area contributed by atoms with Crippen molar-refractivity contribution in [3.63, 3.8) is 0 Å². The van der Waals surface area contributed by atoms with Gasteiger partial charge in [0.15, 0.2) is 34.9 Å². The highest BCUT2D eigenvalue weighted by atomic mass is 16.7. The Morgan fingerprint density at radius 3 is 2.01 bits per heavy atom. The number of Topliss-reactive ketones (excluding diaryl/α,β-unsaturated/α-hetero) is 1. The molecule has 0 aliphatic carbocycles. The number of piperidine rings is 1. The Kier molecular flexibility index (Phi) is 16.4. The average Bonchev–Trinajstić information content (AvgIpc) is 3.99. The zero-order valence-corrected chi connectivity index (χ0v) is 42.7. The van der Waals surface area contributed by atoms with Crippen LogP contribution in [-0.4, -0.2) is 94.6 Å². The van der Waals surface area contributed by atoms with Crippen molar-refractivity contribution in [3.8, 4) is 34.5 Å². The molecule has 0 aromatic heterocycles. The number of carbonyl (C=O) groups excluding carboxylic acids is 2. The van der Waals surface area contributed by atoms with E-state index in [4.69, 9.17) is 43.6 Å². The van der Waals surface area contributed by atoms with Crippen LogP contribution < -0.4 is 34.2 Å². The first-order valence-electron chi connectivity index (χ1n) is 25.3. The van der Waals surface area contributed by atoms with Crippen LogP contribution in [0.3, 0.4) is 0 Å². The van der Waals surface area contributed by atoms with E-state index in [2.05, 4.69) is 103 Å². The van der Waals surface area contributed by atoms with Crippen molar-refractivity contribution in [2.75, 3.05) is 72.7 Å². The summed E-state index contributed by atoms with van der Waals surface area (Å²) in [7, 11) is 3.59. The standard InChI is InChI=1S/C32H39NO2.C26H32N2O8/c1-32(2,3)28-18-16-25(17-19-28)30(34)15-10-22-33-23-20-29(21-24-33)35-31(26-11-6-4-7-12-26)27-13-8-5-9-14-27;1-6-31-23-17-16(18(27)24(32-7-2)25(23)33-8-3)26(29)36-21(17)19-15-13(9-10-28(19)4)11-14-20(22(15)30-5)35-12-34-14/h4-9,11-14,16-19,29,31H,10,15,20-24H2,1-3H3;11,19,21H,6-10,12,27H2,1-5H3. The van der Waals surface area contributed by atoms with Crippen LogP contribution in [0.2, 0.25) is 0 Å². The largest absolute Gasteiger partial charge is 0.492 e. The molecule has 0 radical (unpaired) electrons. The highest BCUT2D eigenvalue weighted by Gasteiger charge is 2.49. The van der Waals surface area contributed by atoms with Gasteiger partial charge >= 0.3 is 5.97 Å². The van der Waals surface area contributed by atoms with E-state index in [0.717, 1.165) is 68.6 Å². The molecule has 0 saturated carbocycles. The number of methoxy groups -OCH3 is 1. The van der Waals surface area contributed by atoms with Crippen molar-refractivity contribution in [2.45, 2.75) is 103 Å². The second-order valence-electron chi connectivity index (χ2n) is 19.4. The maximum absolute atomic E-state index is 13.3. The number of likely N-dealkylation sites (tertiary alicyclic amines) is 1. The van der Waals surface area contributed by atoms with Gasteiger partial charge in [-0.3, -0.25) is 9.69 Å². The fourth-order valence-corrected chi connectivity index (χ4v) is 10.2. The molecule has 1 saturated heterocycles. The minimum absolute atomic E-state index is 0.0313. The van der Waals surface area contributed by atoms with Gasteiger partial charge in [0.1, 0.15) is 6.10 Å². The average molecular weight is 970 g/mol. The molecule has 1 fully saturated rings. The second kappa shape index (κ2) is 22.9. The molecule has 0 bridgehead atoms. The van der Waals surface area contributed by atoms with E-state index < -0.39 is 18.1 Å². The molecule has 4 aliphatic rings. The minimum Gasteiger partial charge on any atom is -0.492 e. The fourth-order valence-electron chi connectivity index (χ4n) is 10.2. The van der Waals surface area contributed by atoms with Gasteiger partial charge in [-0.05, 0) is 93.8 Å². The van der Waals surface area contributed by atoms with Crippen molar-refractivity contribution in [1.29, 1.82) is 0 Å².